The van der Waals surface area contributed by atoms with Crippen molar-refractivity contribution >= 4 is 64.0 Å². The van der Waals surface area contributed by atoms with Gasteiger partial charge in [-0.15, -0.1) is 34.9 Å². The Morgan fingerprint density at radius 2 is 1.95 bits per heavy atom. The van der Waals surface area contributed by atoms with E-state index in [1.165, 1.54) is 11.3 Å². The summed E-state index contributed by atoms with van der Waals surface area (Å²) in [6, 6.07) is 7.11. The second-order valence-corrected chi connectivity index (χ2v) is 7.78. The van der Waals surface area contributed by atoms with E-state index in [2.05, 4.69) is 0 Å². The van der Waals surface area contributed by atoms with Crippen LogP contribution in [0.4, 0.5) is 0 Å². The Balaban J connectivity index is 1.81. The van der Waals surface area contributed by atoms with Gasteiger partial charge in [0.15, 0.2) is 0 Å². The molecule has 0 radical (unpaired) electrons. The lowest BCUT2D eigenvalue weighted by Gasteiger charge is -2.04. The maximum Gasteiger partial charge on any atom is 0.345 e. The zero-order valence-corrected chi connectivity index (χ0v) is 14.1. The van der Waals surface area contributed by atoms with Gasteiger partial charge in [0.25, 0.3) is 0 Å². The van der Waals surface area contributed by atoms with Crippen molar-refractivity contribution in [2.24, 2.45) is 0 Å². The van der Waals surface area contributed by atoms with Crippen molar-refractivity contribution in [3.63, 3.8) is 0 Å². The molecule has 0 aliphatic rings. The third kappa shape index (κ3) is 4.60. The fraction of sp³-hybridized carbons (Fsp3) is 0.154. The van der Waals surface area contributed by atoms with Gasteiger partial charge in [0.2, 0.25) is 0 Å². The van der Waals surface area contributed by atoms with Crippen LogP contribution in [0, 0.1) is 0 Å². The first-order valence-corrected chi connectivity index (χ1v) is 9.19. The van der Waals surface area contributed by atoms with Crippen molar-refractivity contribution in [1.82, 2.24) is 0 Å². The minimum Gasteiger partial charge on any atom is -0.477 e. The standard InChI is InChI=1S/C13H10Cl2O2S3/c14-8-1-2-10(15)11(5-8)19-4-3-18-9-6-12(13(16)17)20-7-9/h1-2,5-7H,3-4H2,(H,16,17). The largest absolute Gasteiger partial charge is 0.477 e. The van der Waals surface area contributed by atoms with E-state index in [0.717, 1.165) is 21.3 Å². The summed E-state index contributed by atoms with van der Waals surface area (Å²) in [6.45, 7) is 0. The van der Waals surface area contributed by atoms with Gasteiger partial charge < -0.3 is 5.11 Å². The monoisotopic (exact) mass is 364 g/mol. The minimum absolute atomic E-state index is 0.373. The Kier molecular flexibility index (Phi) is 6.11. The molecule has 1 aromatic carbocycles. The quantitative estimate of drug-likeness (QED) is 0.531. The molecule has 2 aromatic rings. The molecule has 0 aliphatic carbocycles. The van der Waals surface area contributed by atoms with Gasteiger partial charge in [-0.05, 0) is 24.3 Å². The van der Waals surface area contributed by atoms with Crippen LogP contribution in [0.2, 0.25) is 10.0 Å². The summed E-state index contributed by atoms with van der Waals surface area (Å²) < 4.78 is 0. The van der Waals surface area contributed by atoms with E-state index in [1.54, 1.807) is 41.7 Å². The average Bonchev–Trinajstić information content (AvgIpc) is 2.87. The smallest absolute Gasteiger partial charge is 0.345 e. The number of thioether (sulfide) groups is 2. The molecule has 0 amide bonds. The summed E-state index contributed by atoms with van der Waals surface area (Å²) in [5.41, 5.74) is 0. The predicted molar refractivity (Wildman–Crippen MR) is 89.2 cm³/mol. The van der Waals surface area contributed by atoms with Gasteiger partial charge >= 0.3 is 5.97 Å². The number of aromatic carboxylic acids is 1. The van der Waals surface area contributed by atoms with Crippen molar-refractivity contribution in [2.45, 2.75) is 9.79 Å². The number of halogens is 2. The number of carbonyl (C=O) groups is 1. The maximum atomic E-state index is 10.8. The fourth-order valence-corrected chi connectivity index (χ4v) is 4.76. The molecule has 20 heavy (non-hydrogen) atoms. The number of thiophene rings is 1. The van der Waals surface area contributed by atoms with Crippen molar-refractivity contribution < 1.29 is 9.90 Å². The zero-order chi connectivity index (χ0) is 14.5. The average molecular weight is 365 g/mol. The van der Waals surface area contributed by atoms with Crippen LogP contribution in [0.25, 0.3) is 0 Å². The highest BCUT2D eigenvalue weighted by Crippen LogP contribution is 2.31. The highest BCUT2D eigenvalue weighted by molar-refractivity contribution is 8.03. The Morgan fingerprint density at radius 1 is 1.20 bits per heavy atom. The molecule has 0 spiro atoms. The van der Waals surface area contributed by atoms with Gasteiger partial charge in [-0.3, -0.25) is 0 Å². The van der Waals surface area contributed by atoms with E-state index in [4.69, 9.17) is 28.3 Å². The molecule has 0 saturated heterocycles. The molecule has 1 heterocycles. The number of hydrogen-bond acceptors (Lipinski definition) is 4. The van der Waals surface area contributed by atoms with Gasteiger partial charge in [0, 0.05) is 31.7 Å². The van der Waals surface area contributed by atoms with Crippen molar-refractivity contribution in [3.05, 3.63) is 44.6 Å². The van der Waals surface area contributed by atoms with Crippen molar-refractivity contribution in [1.29, 1.82) is 0 Å². The molecule has 0 unspecified atom stereocenters. The lowest BCUT2D eigenvalue weighted by Crippen LogP contribution is -1.90. The van der Waals surface area contributed by atoms with Crippen LogP contribution in [0.3, 0.4) is 0 Å². The molecule has 0 fully saturated rings. The molecule has 0 aliphatic heterocycles. The van der Waals surface area contributed by atoms with E-state index in [0.29, 0.717) is 14.9 Å². The second kappa shape index (κ2) is 7.61. The summed E-state index contributed by atoms with van der Waals surface area (Å²) in [5.74, 6) is 0.883. The Labute approximate surface area is 139 Å². The molecule has 7 heteroatoms. The first-order valence-electron chi connectivity index (χ1n) is 5.59. The molecular weight excluding hydrogens is 355 g/mol. The van der Waals surface area contributed by atoms with E-state index >= 15 is 0 Å². The third-order valence-electron chi connectivity index (χ3n) is 2.29. The predicted octanol–water partition coefficient (Wildman–Crippen LogP) is 5.64. The van der Waals surface area contributed by atoms with Gasteiger partial charge in [0.05, 0.1) is 5.02 Å². The van der Waals surface area contributed by atoms with Crippen LogP contribution in [0.1, 0.15) is 9.67 Å². The first kappa shape index (κ1) is 16.0. The van der Waals surface area contributed by atoms with E-state index in [-0.39, 0.29) is 0 Å². The fourth-order valence-electron chi connectivity index (χ4n) is 1.41. The molecule has 2 nitrogen and oxygen atoms in total. The third-order valence-corrected chi connectivity index (χ3v) is 6.33. The number of rotatable bonds is 6. The van der Waals surface area contributed by atoms with Crippen LogP contribution >= 0.6 is 58.1 Å². The van der Waals surface area contributed by atoms with Gasteiger partial charge in [-0.25, -0.2) is 4.79 Å². The van der Waals surface area contributed by atoms with E-state index in [1.807, 2.05) is 11.4 Å². The van der Waals surface area contributed by atoms with Crippen LogP contribution in [-0.2, 0) is 0 Å². The topological polar surface area (TPSA) is 37.3 Å². The molecule has 0 bridgehead atoms. The summed E-state index contributed by atoms with van der Waals surface area (Å²) >= 11 is 16.5. The minimum atomic E-state index is -0.873. The molecule has 0 saturated carbocycles. The highest BCUT2D eigenvalue weighted by Gasteiger charge is 2.07. The van der Waals surface area contributed by atoms with Crippen molar-refractivity contribution in [3.8, 4) is 0 Å². The molecule has 0 atom stereocenters. The number of hydrogen-bond donors (Lipinski definition) is 1. The SMILES string of the molecule is O=C(O)c1cc(SCCSc2cc(Cl)ccc2Cl)cs1. The summed E-state index contributed by atoms with van der Waals surface area (Å²) in [5, 5.41) is 12.1. The van der Waals surface area contributed by atoms with Gasteiger partial charge in [-0.2, -0.15) is 0 Å². The Bertz CT molecular complexity index is 613. The molecule has 2 rings (SSSR count). The van der Waals surface area contributed by atoms with E-state index in [9.17, 15) is 4.79 Å². The van der Waals surface area contributed by atoms with Crippen LogP contribution in [0.15, 0.2) is 39.4 Å². The van der Waals surface area contributed by atoms with Gasteiger partial charge in [0.1, 0.15) is 4.88 Å². The number of benzene rings is 1. The van der Waals surface area contributed by atoms with Crippen molar-refractivity contribution in [2.75, 3.05) is 11.5 Å². The zero-order valence-electron chi connectivity index (χ0n) is 10.1. The highest BCUT2D eigenvalue weighted by atomic mass is 35.5. The first-order chi connectivity index (χ1) is 9.56. The van der Waals surface area contributed by atoms with Crippen LogP contribution in [-0.4, -0.2) is 22.6 Å². The molecule has 1 aromatic heterocycles. The summed E-state index contributed by atoms with van der Waals surface area (Å²) in [4.78, 5) is 13.1. The van der Waals surface area contributed by atoms with Crippen LogP contribution in [0.5, 0.6) is 0 Å². The van der Waals surface area contributed by atoms with Crippen LogP contribution < -0.4 is 0 Å². The van der Waals surface area contributed by atoms with Gasteiger partial charge in [-0.1, -0.05) is 23.2 Å². The Hall–Kier alpha value is -0.330. The molecule has 106 valence electrons. The lowest BCUT2D eigenvalue weighted by molar-refractivity contribution is 0.0702. The normalized spacial score (nSPS) is 10.7. The summed E-state index contributed by atoms with van der Waals surface area (Å²) in [7, 11) is 0. The summed E-state index contributed by atoms with van der Waals surface area (Å²) in [6.07, 6.45) is 0. The molecular formula is C13H10Cl2O2S3. The maximum absolute atomic E-state index is 10.8. The Morgan fingerprint density at radius 3 is 2.65 bits per heavy atom. The molecule has 1 N–H and O–H groups in total. The lowest BCUT2D eigenvalue weighted by atomic mass is 10.4. The van der Waals surface area contributed by atoms with E-state index < -0.39 is 5.97 Å². The second-order valence-electron chi connectivity index (χ2n) is 3.72. The number of carboxylic acids is 1. The number of carboxylic acid groups (broad SMARTS) is 1.